The number of ether oxygens (including phenoxy) is 1. The van der Waals surface area contributed by atoms with Crippen LogP contribution in [-0.2, 0) is 42.7 Å². The van der Waals surface area contributed by atoms with Gasteiger partial charge in [-0.05, 0) is 91.3 Å². The Morgan fingerprint density at radius 3 is 1.92 bits per heavy atom. The monoisotopic (exact) mass is 1030 g/mol. The van der Waals surface area contributed by atoms with Gasteiger partial charge in [-0.15, -0.1) is 48.1 Å². The molecular formula is C58H59N4OPt-3. The van der Waals surface area contributed by atoms with Gasteiger partial charge in [-0.2, -0.15) is 12.1 Å². The molecule has 2 aromatic heterocycles. The van der Waals surface area contributed by atoms with E-state index in [0.717, 1.165) is 50.1 Å². The molecule has 0 amide bonds. The van der Waals surface area contributed by atoms with Crippen molar-refractivity contribution in [2.24, 2.45) is 0 Å². The Kier molecular flexibility index (Phi) is 10.2. The van der Waals surface area contributed by atoms with Crippen molar-refractivity contribution >= 4 is 44.6 Å². The van der Waals surface area contributed by atoms with Gasteiger partial charge in [0.05, 0.1) is 5.48 Å². The molecule has 8 aromatic rings. The predicted molar refractivity (Wildman–Crippen MR) is 264 cm³/mol. The molecule has 0 atom stereocenters. The summed E-state index contributed by atoms with van der Waals surface area (Å²) in [6.07, 6.45) is 1.73. The number of para-hydroxylation sites is 3. The maximum atomic E-state index is 9.35. The number of anilines is 4. The molecule has 0 saturated heterocycles. The Morgan fingerprint density at radius 1 is 0.609 bits per heavy atom. The van der Waals surface area contributed by atoms with Crippen LogP contribution in [0.5, 0.6) is 11.5 Å². The third-order valence-corrected chi connectivity index (χ3v) is 11.9. The summed E-state index contributed by atoms with van der Waals surface area (Å²) >= 11 is 0. The van der Waals surface area contributed by atoms with Crippen molar-refractivity contribution in [1.82, 2.24) is 9.55 Å². The van der Waals surface area contributed by atoms with Crippen LogP contribution in [0, 0.1) is 18.8 Å². The summed E-state index contributed by atoms with van der Waals surface area (Å²) < 4.78 is 44.6. The van der Waals surface area contributed by atoms with Crippen LogP contribution >= 0.6 is 0 Å². The number of benzene rings is 6. The first-order chi connectivity index (χ1) is 31.4. The third-order valence-electron chi connectivity index (χ3n) is 11.9. The molecule has 5 nitrogen and oxygen atoms in total. The second kappa shape index (κ2) is 16.4. The number of nitrogens with zero attached hydrogens (tertiary/aromatic N) is 4. The summed E-state index contributed by atoms with van der Waals surface area (Å²) in [5.74, 6) is 1.71. The van der Waals surface area contributed by atoms with E-state index in [1.807, 2.05) is 63.2 Å². The zero-order chi connectivity index (χ0) is 48.1. The molecular weight excluding hydrogens is 964 g/mol. The Bertz CT molecular complexity index is 3230. The first kappa shape index (κ1) is 39.9. The molecule has 9 rings (SSSR count). The number of hydrogen-bond donors (Lipinski definition) is 0. The van der Waals surface area contributed by atoms with E-state index < -0.39 is 10.8 Å². The molecule has 0 N–H and O–H groups in total. The fourth-order valence-corrected chi connectivity index (χ4v) is 8.29. The average Bonchev–Trinajstić information content (AvgIpc) is 3.80. The molecule has 1 aliphatic heterocycles. The molecule has 3 heterocycles. The number of hydrogen-bond acceptors (Lipinski definition) is 4. The largest absolute Gasteiger partial charge is 0.509 e. The van der Waals surface area contributed by atoms with Crippen molar-refractivity contribution in [3.63, 3.8) is 0 Å². The van der Waals surface area contributed by atoms with Crippen LogP contribution in [0.25, 0.3) is 38.8 Å². The van der Waals surface area contributed by atoms with Crippen molar-refractivity contribution in [2.45, 2.75) is 105 Å². The van der Waals surface area contributed by atoms with Gasteiger partial charge >= 0.3 is 0 Å². The van der Waals surface area contributed by atoms with Crippen molar-refractivity contribution in [3.05, 3.63) is 175 Å². The zero-order valence-electron chi connectivity index (χ0n) is 43.0. The van der Waals surface area contributed by atoms with Crippen LogP contribution in [0.1, 0.15) is 111 Å². The quantitative estimate of drug-likeness (QED) is 0.155. The maximum absolute atomic E-state index is 9.35. The van der Waals surface area contributed by atoms with E-state index in [4.69, 9.17) is 13.8 Å². The number of rotatable bonds is 6. The fraction of sp³-hybridized carbons (Fsp3) is 0.276. The number of aromatic nitrogens is 2. The molecule has 0 fully saturated rings. The van der Waals surface area contributed by atoms with Crippen LogP contribution < -0.4 is 14.5 Å². The molecule has 0 spiro atoms. The topological polar surface area (TPSA) is 33.5 Å². The van der Waals surface area contributed by atoms with Crippen LogP contribution in [0.2, 0.25) is 0 Å². The van der Waals surface area contributed by atoms with Gasteiger partial charge < -0.3 is 19.1 Å². The summed E-state index contributed by atoms with van der Waals surface area (Å²) in [5, 5.41) is 2.02. The Morgan fingerprint density at radius 2 is 1.25 bits per heavy atom. The second-order valence-corrected chi connectivity index (χ2v) is 20.9. The van der Waals surface area contributed by atoms with E-state index in [2.05, 4.69) is 156 Å². The van der Waals surface area contributed by atoms with Crippen molar-refractivity contribution < 1.29 is 31.3 Å². The third kappa shape index (κ3) is 8.52. The summed E-state index contributed by atoms with van der Waals surface area (Å²) in [6, 6.07) is 42.5. The average molecular weight is 1030 g/mol. The maximum Gasteiger partial charge on any atom is 0.135 e. The minimum atomic E-state index is -0.575. The fourth-order valence-electron chi connectivity index (χ4n) is 8.29. The van der Waals surface area contributed by atoms with Crippen LogP contribution in [0.4, 0.5) is 22.7 Å². The Hall–Kier alpha value is -5.64. The Balaban J connectivity index is 0.00000625. The van der Waals surface area contributed by atoms with Gasteiger partial charge in [-0.3, -0.25) is 0 Å². The number of pyridine rings is 1. The van der Waals surface area contributed by atoms with Crippen LogP contribution in [0.3, 0.4) is 0 Å². The number of fused-ring (bicyclic) bond motifs is 4. The van der Waals surface area contributed by atoms with Crippen LogP contribution in [-0.4, -0.2) is 9.55 Å². The van der Waals surface area contributed by atoms with Gasteiger partial charge in [-0.1, -0.05) is 149 Å². The molecule has 0 bridgehead atoms. The smallest absolute Gasteiger partial charge is 0.135 e. The molecule has 64 heavy (non-hydrogen) atoms. The molecule has 0 aliphatic carbocycles. The second-order valence-electron chi connectivity index (χ2n) is 20.9. The minimum absolute atomic E-state index is 0. The molecule has 0 saturated carbocycles. The van der Waals surface area contributed by atoms with E-state index in [0.29, 0.717) is 34.0 Å². The first-order valence-corrected chi connectivity index (χ1v) is 21.9. The van der Waals surface area contributed by atoms with E-state index in [9.17, 15) is 1.37 Å². The standard InChI is InChI=1S/C58H59N4O.Pt/c1-55(2,3)39-20-17-19-38(29-39)48-36-59-54(35-49(48)58(10,11)12)62-50-24-14-13-23-46(50)47-28-27-45(34-53(47)62)63-44-22-18-21-42(33-44)60-37-61(52-26-16-15-25-51(52)60)43-31-40(56(4,5)6)30-41(32-43)57(7,8)9;/h13-32,35-37H,1-12H3;/q-3;/i17D,19D,20D,29D;. The molecule has 0 unspecified atom stereocenters. The molecule has 1 aliphatic rings. The SMILES string of the molecule is [2H]c1c([2H])c(-c2cnc(-n3c4[c-]c(Oc5[c-]c(N6[CH-]N(c7cc(C(C)(C)C)cc(C(C)(C)C)c7)c7ccccc76)ccc5)ccc4c4ccccc43)cc2C(C)(C)C)c([2H])c(C(C)(C)C)c1[2H].[Pt]. The molecule has 0 radical (unpaired) electrons. The van der Waals surface area contributed by atoms with Crippen molar-refractivity contribution in [3.8, 4) is 28.4 Å². The summed E-state index contributed by atoms with van der Waals surface area (Å²) in [5.41, 5.74) is 9.55. The van der Waals surface area contributed by atoms with Gasteiger partial charge in [-0.25, -0.2) is 4.98 Å². The van der Waals surface area contributed by atoms with E-state index >= 15 is 0 Å². The van der Waals surface area contributed by atoms with Crippen molar-refractivity contribution in [2.75, 3.05) is 9.80 Å². The normalized spacial score (nSPS) is 14.2. The van der Waals surface area contributed by atoms with E-state index in [-0.39, 0.29) is 56.1 Å². The summed E-state index contributed by atoms with van der Waals surface area (Å²) in [6.45, 7) is 27.9. The van der Waals surface area contributed by atoms with Gasteiger partial charge in [0, 0.05) is 66.9 Å². The van der Waals surface area contributed by atoms with Crippen LogP contribution in [0.15, 0.2) is 133 Å². The minimum Gasteiger partial charge on any atom is -0.509 e. The first-order valence-electron chi connectivity index (χ1n) is 23.9. The summed E-state index contributed by atoms with van der Waals surface area (Å²) in [7, 11) is 0. The summed E-state index contributed by atoms with van der Waals surface area (Å²) in [4.78, 5) is 9.49. The van der Waals surface area contributed by atoms with Crippen molar-refractivity contribution in [1.29, 1.82) is 0 Å². The van der Waals surface area contributed by atoms with Gasteiger partial charge in [0.25, 0.3) is 0 Å². The van der Waals surface area contributed by atoms with E-state index in [1.54, 1.807) is 6.20 Å². The molecule has 6 heteroatoms. The zero-order valence-corrected chi connectivity index (χ0v) is 41.3. The van der Waals surface area contributed by atoms with Gasteiger partial charge in [0.15, 0.2) is 0 Å². The predicted octanol–water partition coefficient (Wildman–Crippen LogP) is 15.8. The van der Waals surface area contributed by atoms with E-state index in [1.165, 1.54) is 11.1 Å². The van der Waals surface area contributed by atoms with Gasteiger partial charge in [0.2, 0.25) is 0 Å². The Labute approximate surface area is 401 Å². The van der Waals surface area contributed by atoms with Gasteiger partial charge in [0.1, 0.15) is 5.82 Å². The molecule has 6 aromatic carbocycles. The molecule has 330 valence electrons.